The Bertz CT molecular complexity index is 436. The van der Waals surface area contributed by atoms with Gasteiger partial charge >= 0.3 is 5.69 Å². The number of aliphatic hydroxyl groups excluding tert-OH is 1. The molecule has 1 saturated heterocycles. The van der Waals surface area contributed by atoms with Crippen LogP contribution in [-0.4, -0.2) is 32.6 Å². The van der Waals surface area contributed by atoms with Gasteiger partial charge in [0.2, 0.25) is 0 Å². The Morgan fingerprint density at radius 1 is 1.75 bits per heavy atom. The Hall–Kier alpha value is -1.05. The molecule has 3 atom stereocenters. The maximum absolute atomic E-state index is 11.5. The van der Waals surface area contributed by atoms with Crippen molar-refractivity contribution in [2.45, 2.75) is 24.0 Å². The number of nitrogen functional groups attached to an aromatic ring is 1. The fourth-order valence-electron chi connectivity index (χ4n) is 1.70. The van der Waals surface area contributed by atoms with Crippen LogP contribution in [0.25, 0.3) is 0 Å². The van der Waals surface area contributed by atoms with Crippen molar-refractivity contribution in [3.8, 4) is 0 Å². The van der Waals surface area contributed by atoms with Crippen molar-refractivity contribution in [2.75, 3.05) is 12.3 Å². The molecule has 0 saturated carbocycles. The number of nitrogens with two attached hydrogens (primary N) is 1. The molecule has 1 aliphatic rings. The molecule has 6 nitrogen and oxygen atoms in total. The second-order valence-electron chi connectivity index (χ2n) is 3.66. The first-order valence-electron chi connectivity index (χ1n) is 4.91. The van der Waals surface area contributed by atoms with Crippen molar-refractivity contribution in [3.05, 3.63) is 22.7 Å². The molecular weight excluding hydrogens is 230 g/mol. The quantitative estimate of drug-likeness (QED) is 0.604. The Morgan fingerprint density at radius 2 is 2.50 bits per heavy atom. The highest BCUT2D eigenvalue weighted by molar-refractivity contribution is 7.81. The minimum Gasteiger partial charge on any atom is -0.394 e. The third-order valence-electron chi connectivity index (χ3n) is 2.55. The van der Waals surface area contributed by atoms with Crippen LogP contribution >= 0.6 is 12.6 Å². The minimum atomic E-state index is -0.455. The predicted molar refractivity (Wildman–Crippen MR) is 61.3 cm³/mol. The van der Waals surface area contributed by atoms with Gasteiger partial charge in [0.05, 0.1) is 12.7 Å². The van der Waals surface area contributed by atoms with E-state index in [0.29, 0.717) is 6.42 Å². The molecule has 1 aliphatic heterocycles. The summed E-state index contributed by atoms with van der Waals surface area (Å²) in [6.45, 7) is -0.109. The molecule has 0 aromatic carbocycles. The van der Waals surface area contributed by atoms with Crippen LogP contribution in [0.4, 0.5) is 5.82 Å². The van der Waals surface area contributed by atoms with E-state index in [2.05, 4.69) is 17.6 Å². The van der Waals surface area contributed by atoms with E-state index in [1.54, 1.807) is 0 Å². The molecule has 7 heteroatoms. The Morgan fingerprint density at radius 3 is 3.06 bits per heavy atom. The summed E-state index contributed by atoms with van der Waals surface area (Å²) in [5, 5.41) is 8.93. The molecule has 2 rings (SSSR count). The Balaban J connectivity index is 2.23. The van der Waals surface area contributed by atoms with Gasteiger partial charge in [-0.3, -0.25) is 4.57 Å². The topological polar surface area (TPSA) is 90.4 Å². The number of hydrogen-bond donors (Lipinski definition) is 3. The third kappa shape index (κ3) is 2.06. The van der Waals surface area contributed by atoms with Crippen LogP contribution in [-0.2, 0) is 4.74 Å². The molecule has 1 aromatic rings. The summed E-state index contributed by atoms with van der Waals surface area (Å²) in [4.78, 5) is 15.1. The van der Waals surface area contributed by atoms with Crippen molar-refractivity contribution in [2.24, 2.45) is 0 Å². The third-order valence-corrected chi connectivity index (χ3v) is 3.09. The van der Waals surface area contributed by atoms with Gasteiger partial charge in [-0.1, -0.05) is 0 Å². The number of aliphatic hydroxyl groups is 1. The smallest absolute Gasteiger partial charge is 0.351 e. The van der Waals surface area contributed by atoms with E-state index in [0.717, 1.165) is 0 Å². The largest absolute Gasteiger partial charge is 0.394 e. The summed E-state index contributed by atoms with van der Waals surface area (Å²) in [5.74, 6) is 0.181. The maximum atomic E-state index is 11.5. The van der Waals surface area contributed by atoms with Gasteiger partial charge in [0, 0.05) is 17.9 Å². The van der Waals surface area contributed by atoms with Crippen molar-refractivity contribution in [1.82, 2.24) is 9.55 Å². The fourth-order valence-corrected chi connectivity index (χ4v) is 2.04. The van der Waals surface area contributed by atoms with Crippen LogP contribution in [0.15, 0.2) is 17.1 Å². The molecule has 1 fully saturated rings. The van der Waals surface area contributed by atoms with Crippen molar-refractivity contribution in [1.29, 1.82) is 0 Å². The highest BCUT2D eigenvalue weighted by Gasteiger charge is 2.33. The summed E-state index contributed by atoms with van der Waals surface area (Å²) < 4.78 is 6.84. The van der Waals surface area contributed by atoms with Crippen molar-refractivity contribution < 1.29 is 9.84 Å². The lowest BCUT2D eigenvalue weighted by Crippen LogP contribution is -2.27. The highest BCUT2D eigenvalue weighted by atomic mass is 32.1. The van der Waals surface area contributed by atoms with Gasteiger partial charge in [0.25, 0.3) is 0 Å². The lowest BCUT2D eigenvalue weighted by atomic mass is 10.2. The van der Waals surface area contributed by atoms with E-state index in [1.807, 2.05) is 0 Å². The molecule has 88 valence electrons. The van der Waals surface area contributed by atoms with E-state index in [1.165, 1.54) is 16.8 Å². The zero-order chi connectivity index (χ0) is 11.7. The van der Waals surface area contributed by atoms with E-state index in [4.69, 9.17) is 15.6 Å². The van der Waals surface area contributed by atoms with Gasteiger partial charge in [-0.25, -0.2) is 4.79 Å². The first-order valence-corrected chi connectivity index (χ1v) is 5.42. The lowest BCUT2D eigenvalue weighted by molar-refractivity contribution is -0.0236. The molecule has 0 spiro atoms. The summed E-state index contributed by atoms with van der Waals surface area (Å²) in [6, 6.07) is 1.53. The molecule has 0 radical (unpaired) electrons. The van der Waals surface area contributed by atoms with Crippen LogP contribution in [0, 0.1) is 0 Å². The van der Waals surface area contributed by atoms with Crippen LogP contribution in [0.3, 0.4) is 0 Å². The van der Waals surface area contributed by atoms with Gasteiger partial charge in [-0.15, -0.1) is 0 Å². The summed E-state index contributed by atoms with van der Waals surface area (Å²) in [6.07, 6.45) is 1.31. The normalized spacial score (nSPS) is 29.5. The van der Waals surface area contributed by atoms with Crippen molar-refractivity contribution in [3.63, 3.8) is 0 Å². The van der Waals surface area contributed by atoms with Gasteiger partial charge in [-0.05, 0) is 6.07 Å². The molecule has 1 unspecified atom stereocenters. The number of nitrogens with zero attached hydrogens (tertiary/aromatic N) is 2. The number of hydrogen-bond acceptors (Lipinski definition) is 6. The SMILES string of the molecule is Nc1ccn([C@H]2CC(S)[C@@H](CO)O2)c(=O)n1. The summed E-state index contributed by atoms with van der Waals surface area (Å²) >= 11 is 4.29. The number of thiol groups is 1. The van der Waals surface area contributed by atoms with Crippen molar-refractivity contribution >= 4 is 18.4 Å². The number of rotatable bonds is 2. The zero-order valence-electron chi connectivity index (χ0n) is 8.48. The molecular formula is C9H13N3O3S. The van der Waals surface area contributed by atoms with Crippen LogP contribution < -0.4 is 11.4 Å². The van der Waals surface area contributed by atoms with Gasteiger partial charge in [-0.2, -0.15) is 17.6 Å². The average molecular weight is 243 g/mol. The van der Waals surface area contributed by atoms with E-state index >= 15 is 0 Å². The highest BCUT2D eigenvalue weighted by Crippen LogP contribution is 2.30. The molecule has 2 heterocycles. The zero-order valence-corrected chi connectivity index (χ0v) is 9.38. The van der Waals surface area contributed by atoms with E-state index in [9.17, 15) is 4.79 Å². The molecule has 3 N–H and O–H groups in total. The van der Waals surface area contributed by atoms with Crippen LogP contribution in [0.1, 0.15) is 12.6 Å². The Labute approximate surface area is 97.5 Å². The predicted octanol–water partition coefficient (Wildman–Crippen LogP) is -0.596. The summed E-state index contributed by atoms with van der Waals surface area (Å²) in [5.41, 5.74) is 4.93. The Kier molecular flexibility index (Phi) is 3.17. The molecule has 16 heavy (non-hydrogen) atoms. The average Bonchev–Trinajstić information content (AvgIpc) is 2.59. The number of anilines is 1. The minimum absolute atomic E-state index is 0.0838. The molecule has 0 aliphatic carbocycles. The fraction of sp³-hybridized carbons (Fsp3) is 0.556. The number of aromatic nitrogens is 2. The molecule has 1 aromatic heterocycles. The van der Waals surface area contributed by atoms with Gasteiger partial charge in [0.1, 0.15) is 12.0 Å². The number of ether oxygens (including phenoxy) is 1. The van der Waals surface area contributed by atoms with E-state index in [-0.39, 0.29) is 23.8 Å². The van der Waals surface area contributed by atoms with Gasteiger partial charge in [0.15, 0.2) is 0 Å². The lowest BCUT2D eigenvalue weighted by Gasteiger charge is -2.14. The first-order chi connectivity index (χ1) is 7.61. The van der Waals surface area contributed by atoms with E-state index < -0.39 is 11.9 Å². The van der Waals surface area contributed by atoms with Crippen LogP contribution in [0.2, 0.25) is 0 Å². The molecule has 0 bridgehead atoms. The maximum Gasteiger partial charge on any atom is 0.351 e. The summed E-state index contributed by atoms with van der Waals surface area (Å²) in [7, 11) is 0. The second kappa shape index (κ2) is 4.44. The van der Waals surface area contributed by atoms with Crippen LogP contribution in [0.5, 0.6) is 0 Å². The second-order valence-corrected chi connectivity index (χ2v) is 4.32. The first kappa shape index (κ1) is 11.4. The monoisotopic (exact) mass is 243 g/mol. The van der Waals surface area contributed by atoms with Gasteiger partial charge < -0.3 is 15.6 Å². The standard InChI is InChI=1S/C9H13N3O3S/c10-7-1-2-12(9(14)11-7)8-3-6(16)5(4-13)15-8/h1-2,5-6,8,13,16H,3-4H2,(H2,10,11,14)/t5-,6?,8-/m1/s1. The molecule has 0 amide bonds.